The molecule has 1 aliphatic rings. The van der Waals surface area contributed by atoms with E-state index < -0.39 is 23.8 Å². The van der Waals surface area contributed by atoms with Gasteiger partial charge in [0.15, 0.2) is 11.7 Å². The first kappa shape index (κ1) is 25.2. The van der Waals surface area contributed by atoms with E-state index in [1.165, 1.54) is 12.0 Å². The second kappa shape index (κ2) is 10.4. The number of nitrogens with zero attached hydrogens (tertiary/aromatic N) is 2. The molecule has 5 N–H and O–H groups in total. The fraction of sp³-hybridized carbons (Fsp3) is 0.360. The number of nitrogens with one attached hydrogen (secondary N) is 1. The number of nitrogen functional groups attached to an aromatic ring is 1. The zero-order valence-electron chi connectivity index (χ0n) is 20.4. The van der Waals surface area contributed by atoms with E-state index in [1.54, 1.807) is 31.2 Å². The summed E-state index contributed by atoms with van der Waals surface area (Å²) in [6.45, 7) is 3.62. The molecule has 0 radical (unpaired) electrons. The molecule has 4 rings (SSSR count). The average Bonchev–Trinajstić information content (AvgIpc) is 3.58. The smallest absolute Gasteiger partial charge is 0.273 e. The number of primary amides is 1. The number of hydrogen-bond acceptors (Lipinski definition) is 8. The van der Waals surface area contributed by atoms with Crippen molar-refractivity contribution in [2.75, 3.05) is 17.7 Å². The molecule has 1 aliphatic carbocycles. The number of nitrogens with two attached hydrogens (primary N) is 2. The Morgan fingerprint density at radius 3 is 2.50 bits per heavy atom. The summed E-state index contributed by atoms with van der Waals surface area (Å²) in [5, 5.41) is 3.08. The molecule has 0 spiro atoms. The van der Waals surface area contributed by atoms with Gasteiger partial charge in [-0.1, -0.05) is 18.9 Å². The van der Waals surface area contributed by atoms with Crippen molar-refractivity contribution in [2.45, 2.75) is 51.6 Å². The highest BCUT2D eigenvalue weighted by atomic mass is 32.1. The molecule has 2 aromatic heterocycles. The van der Waals surface area contributed by atoms with Crippen LogP contribution < -0.4 is 26.4 Å². The van der Waals surface area contributed by atoms with Crippen LogP contribution in [0.2, 0.25) is 0 Å². The van der Waals surface area contributed by atoms with Crippen LogP contribution in [0.15, 0.2) is 34.7 Å². The number of hydrogen-bond donors (Lipinski definition) is 3. The molecule has 10 nitrogen and oxygen atoms in total. The molecular formula is C25H29N5O5S. The monoisotopic (exact) mass is 511 g/mol. The highest BCUT2D eigenvalue weighted by molar-refractivity contribution is 7.09. The number of carbonyl (C=O) groups is 3. The standard InChI is InChI=1S/C25H29N5O5S/c1-13-8-10-17(34-3)16(12-13)30(25(33)22-19(26)20(23(27)31)29-36-22)21(18-11-9-14(2)35-18)24(32)28-15-6-4-5-7-15/h8-12,15,21H,4-7,26H2,1-3H3,(H2,27,31)(H,28,32)/t21-/m1/s1. The van der Waals surface area contributed by atoms with Crippen molar-refractivity contribution in [1.82, 2.24) is 9.69 Å². The molecule has 3 aromatic rings. The Morgan fingerprint density at radius 2 is 1.92 bits per heavy atom. The number of benzene rings is 1. The molecule has 1 saturated carbocycles. The molecule has 1 aromatic carbocycles. The lowest BCUT2D eigenvalue weighted by Gasteiger charge is -2.31. The third kappa shape index (κ3) is 4.92. The number of ether oxygens (including phenoxy) is 1. The van der Waals surface area contributed by atoms with Gasteiger partial charge in [0.2, 0.25) is 0 Å². The molecule has 0 unspecified atom stereocenters. The number of anilines is 2. The van der Waals surface area contributed by atoms with Crippen LogP contribution in [0.3, 0.4) is 0 Å². The van der Waals surface area contributed by atoms with Gasteiger partial charge >= 0.3 is 0 Å². The molecule has 1 fully saturated rings. The number of carbonyl (C=O) groups excluding carboxylic acids is 3. The largest absolute Gasteiger partial charge is 0.495 e. The summed E-state index contributed by atoms with van der Waals surface area (Å²) in [6, 6.07) is 7.52. The zero-order valence-corrected chi connectivity index (χ0v) is 21.2. The van der Waals surface area contributed by atoms with Crippen molar-refractivity contribution in [1.29, 1.82) is 0 Å². The molecule has 11 heteroatoms. The molecule has 0 bridgehead atoms. The highest BCUT2D eigenvalue weighted by Gasteiger charge is 2.40. The van der Waals surface area contributed by atoms with E-state index in [1.807, 2.05) is 13.0 Å². The van der Waals surface area contributed by atoms with Crippen LogP contribution in [-0.2, 0) is 4.79 Å². The van der Waals surface area contributed by atoms with Crippen LogP contribution in [0.25, 0.3) is 0 Å². The van der Waals surface area contributed by atoms with Crippen LogP contribution in [0, 0.1) is 13.8 Å². The Kier molecular flexibility index (Phi) is 7.30. The predicted octanol–water partition coefficient (Wildman–Crippen LogP) is 3.49. The van der Waals surface area contributed by atoms with E-state index in [0.29, 0.717) is 17.2 Å². The van der Waals surface area contributed by atoms with Gasteiger partial charge in [0.05, 0.1) is 18.5 Å². The van der Waals surface area contributed by atoms with Gasteiger partial charge in [-0.05, 0) is 68.1 Å². The van der Waals surface area contributed by atoms with E-state index in [-0.39, 0.29) is 28.1 Å². The minimum absolute atomic E-state index is 0.00218. The maximum Gasteiger partial charge on any atom is 0.273 e. The lowest BCUT2D eigenvalue weighted by Crippen LogP contribution is -2.46. The van der Waals surface area contributed by atoms with Gasteiger partial charge in [0, 0.05) is 6.04 Å². The van der Waals surface area contributed by atoms with Crippen molar-refractivity contribution in [3.05, 3.63) is 58.0 Å². The van der Waals surface area contributed by atoms with Gasteiger partial charge in [-0.3, -0.25) is 19.3 Å². The van der Waals surface area contributed by atoms with Crippen LogP contribution >= 0.6 is 11.5 Å². The number of furan rings is 1. The molecular weight excluding hydrogens is 482 g/mol. The summed E-state index contributed by atoms with van der Waals surface area (Å²) in [5.41, 5.74) is 12.3. The van der Waals surface area contributed by atoms with Gasteiger partial charge in [-0.25, -0.2) is 0 Å². The molecule has 36 heavy (non-hydrogen) atoms. The first-order chi connectivity index (χ1) is 17.2. The van der Waals surface area contributed by atoms with Crippen molar-refractivity contribution in [3.8, 4) is 5.75 Å². The summed E-state index contributed by atoms with van der Waals surface area (Å²) >= 11 is 0.746. The van der Waals surface area contributed by atoms with E-state index in [0.717, 1.165) is 42.8 Å². The SMILES string of the molecule is COc1ccc(C)cc1N(C(=O)c1snc(C(N)=O)c1N)[C@@H](C(=O)NC1CCCC1)c1ccc(C)o1. The number of aromatic nitrogens is 1. The second-order valence-electron chi connectivity index (χ2n) is 8.83. The number of aryl methyl sites for hydroxylation is 2. The molecule has 2 heterocycles. The van der Waals surface area contributed by atoms with E-state index >= 15 is 0 Å². The molecule has 0 aliphatic heterocycles. The van der Waals surface area contributed by atoms with Crippen LogP contribution in [0.5, 0.6) is 5.75 Å². The lowest BCUT2D eigenvalue weighted by molar-refractivity contribution is -0.123. The van der Waals surface area contributed by atoms with Gasteiger partial charge in [-0.2, -0.15) is 4.37 Å². The van der Waals surface area contributed by atoms with E-state index in [9.17, 15) is 14.4 Å². The summed E-state index contributed by atoms with van der Waals surface area (Å²) in [4.78, 5) is 41.0. The summed E-state index contributed by atoms with van der Waals surface area (Å²) in [5.74, 6) is -0.652. The number of amides is 3. The van der Waals surface area contributed by atoms with Crippen molar-refractivity contribution in [2.24, 2.45) is 5.73 Å². The van der Waals surface area contributed by atoms with E-state index in [2.05, 4.69) is 9.69 Å². The fourth-order valence-electron chi connectivity index (χ4n) is 4.42. The Hall–Kier alpha value is -3.86. The topological polar surface area (TPSA) is 154 Å². The second-order valence-corrected chi connectivity index (χ2v) is 9.60. The van der Waals surface area contributed by atoms with E-state index in [4.69, 9.17) is 20.6 Å². The Labute approximate surface area is 212 Å². The quantitative estimate of drug-likeness (QED) is 0.418. The minimum atomic E-state index is -1.18. The van der Waals surface area contributed by atoms with Crippen molar-refractivity contribution < 1.29 is 23.5 Å². The number of rotatable bonds is 8. The lowest BCUT2D eigenvalue weighted by atomic mass is 10.1. The van der Waals surface area contributed by atoms with Crippen molar-refractivity contribution in [3.63, 3.8) is 0 Å². The Balaban J connectivity index is 1.90. The average molecular weight is 512 g/mol. The minimum Gasteiger partial charge on any atom is -0.495 e. The predicted molar refractivity (Wildman–Crippen MR) is 136 cm³/mol. The van der Waals surface area contributed by atoms with Crippen molar-refractivity contribution >= 4 is 40.6 Å². The van der Waals surface area contributed by atoms with Gasteiger partial charge in [0.25, 0.3) is 17.7 Å². The maximum absolute atomic E-state index is 14.1. The zero-order chi connectivity index (χ0) is 26.0. The summed E-state index contributed by atoms with van der Waals surface area (Å²) in [7, 11) is 1.48. The molecule has 190 valence electrons. The fourth-order valence-corrected chi connectivity index (χ4v) is 5.16. The third-order valence-electron chi connectivity index (χ3n) is 6.21. The Bertz CT molecular complexity index is 1290. The van der Waals surface area contributed by atoms with Gasteiger partial charge < -0.3 is 25.9 Å². The van der Waals surface area contributed by atoms with Crippen LogP contribution in [-0.4, -0.2) is 35.2 Å². The molecule has 1 atom stereocenters. The molecule has 3 amide bonds. The van der Waals surface area contributed by atoms with Gasteiger partial charge in [-0.15, -0.1) is 0 Å². The van der Waals surface area contributed by atoms with Crippen LogP contribution in [0.1, 0.15) is 69.0 Å². The normalized spacial score (nSPS) is 14.4. The highest BCUT2D eigenvalue weighted by Crippen LogP contribution is 2.39. The number of methoxy groups -OCH3 is 1. The maximum atomic E-state index is 14.1. The first-order valence-corrected chi connectivity index (χ1v) is 12.4. The molecule has 0 saturated heterocycles. The summed E-state index contributed by atoms with van der Waals surface area (Å²) in [6.07, 6.45) is 3.77. The summed E-state index contributed by atoms with van der Waals surface area (Å²) < 4.78 is 15.4. The first-order valence-electron chi connectivity index (χ1n) is 11.6. The third-order valence-corrected chi connectivity index (χ3v) is 7.06. The van der Waals surface area contributed by atoms with Gasteiger partial charge in [0.1, 0.15) is 22.1 Å². The van der Waals surface area contributed by atoms with Crippen LogP contribution in [0.4, 0.5) is 11.4 Å². The Morgan fingerprint density at radius 1 is 1.19 bits per heavy atom.